The van der Waals surface area contributed by atoms with Crippen molar-refractivity contribution >= 4 is 17.1 Å². The van der Waals surface area contributed by atoms with E-state index < -0.39 is 0 Å². The predicted molar refractivity (Wildman–Crippen MR) is 126 cm³/mol. The molecular weight excluding hydrogens is 398 g/mol. The topological polar surface area (TPSA) is 46.8 Å². The molecule has 32 heavy (non-hydrogen) atoms. The number of imidazole rings is 1. The summed E-state index contributed by atoms with van der Waals surface area (Å²) >= 11 is 0. The summed E-state index contributed by atoms with van der Waals surface area (Å²) in [6, 6.07) is 21.8. The fourth-order valence-corrected chi connectivity index (χ4v) is 4.13. The smallest absolute Gasteiger partial charge is 0.257 e. The maximum absolute atomic E-state index is 13.3. The molecular formula is C27H25N3O2. The molecule has 1 aliphatic heterocycles. The Morgan fingerprint density at radius 1 is 1.03 bits per heavy atom. The highest BCUT2D eigenvalue weighted by Gasteiger charge is 2.22. The van der Waals surface area contributed by atoms with Crippen LogP contribution in [0.2, 0.25) is 0 Å². The van der Waals surface area contributed by atoms with Gasteiger partial charge in [0.25, 0.3) is 5.91 Å². The molecule has 0 bridgehead atoms. The van der Waals surface area contributed by atoms with Gasteiger partial charge in [-0.15, -0.1) is 0 Å². The van der Waals surface area contributed by atoms with Crippen molar-refractivity contribution in [2.75, 3.05) is 13.1 Å². The molecule has 0 spiro atoms. The zero-order valence-corrected chi connectivity index (χ0v) is 18.1. The predicted octanol–water partition coefficient (Wildman–Crippen LogP) is 5.15. The van der Waals surface area contributed by atoms with E-state index in [2.05, 4.69) is 23.2 Å². The van der Waals surface area contributed by atoms with Crippen LogP contribution in [0, 0.1) is 6.92 Å². The molecule has 0 saturated carbocycles. The Labute approximate surface area is 187 Å². The largest absolute Gasteiger partial charge is 0.486 e. The van der Waals surface area contributed by atoms with Gasteiger partial charge < -0.3 is 14.0 Å². The van der Waals surface area contributed by atoms with Gasteiger partial charge in [-0.3, -0.25) is 4.79 Å². The van der Waals surface area contributed by atoms with Gasteiger partial charge >= 0.3 is 0 Å². The van der Waals surface area contributed by atoms with E-state index in [-0.39, 0.29) is 5.91 Å². The number of aryl methyl sites for hydroxylation is 1. The fourth-order valence-electron chi connectivity index (χ4n) is 4.13. The molecule has 160 valence electrons. The number of rotatable bonds is 5. The zero-order valence-electron chi connectivity index (χ0n) is 18.1. The number of pyridine rings is 1. The normalized spacial score (nSPS) is 13.8. The van der Waals surface area contributed by atoms with Crippen molar-refractivity contribution in [3.63, 3.8) is 0 Å². The van der Waals surface area contributed by atoms with Gasteiger partial charge in [-0.05, 0) is 48.2 Å². The Morgan fingerprint density at radius 3 is 2.62 bits per heavy atom. The molecule has 3 heterocycles. The number of hydrogen-bond donors (Lipinski definition) is 0. The Morgan fingerprint density at radius 2 is 1.84 bits per heavy atom. The molecule has 0 unspecified atom stereocenters. The van der Waals surface area contributed by atoms with Gasteiger partial charge in [-0.1, -0.05) is 54.6 Å². The monoisotopic (exact) mass is 423 g/mol. The molecule has 2 aromatic heterocycles. The standard InChI is InChI=1S/C27H25N3O2/c1-20-8-7-15-30-18-23(28-26(20)30)19-32-25-12-6-5-11-24(25)27(31)29-16-13-22(14-17-29)21-9-3-2-4-10-21/h2-13,15,18H,14,16-17,19H2,1H3. The van der Waals surface area contributed by atoms with Crippen molar-refractivity contribution in [3.8, 4) is 5.75 Å². The lowest BCUT2D eigenvalue weighted by Gasteiger charge is -2.27. The van der Waals surface area contributed by atoms with Crippen molar-refractivity contribution in [1.29, 1.82) is 0 Å². The van der Waals surface area contributed by atoms with E-state index in [1.165, 1.54) is 11.1 Å². The van der Waals surface area contributed by atoms with Crippen LogP contribution in [0.3, 0.4) is 0 Å². The lowest BCUT2D eigenvalue weighted by Crippen LogP contribution is -2.34. The molecule has 0 fully saturated rings. The summed E-state index contributed by atoms with van der Waals surface area (Å²) in [6.07, 6.45) is 6.94. The lowest BCUT2D eigenvalue weighted by molar-refractivity contribution is 0.0768. The number of aromatic nitrogens is 2. The molecule has 0 radical (unpaired) electrons. The molecule has 2 aromatic carbocycles. The molecule has 5 heteroatoms. The van der Waals surface area contributed by atoms with Crippen LogP contribution in [-0.2, 0) is 6.61 Å². The number of carbonyl (C=O) groups excluding carboxylic acids is 1. The zero-order chi connectivity index (χ0) is 21.9. The summed E-state index contributed by atoms with van der Waals surface area (Å²) in [5.41, 5.74) is 5.97. The second-order valence-corrected chi connectivity index (χ2v) is 8.04. The number of benzene rings is 2. The Hall–Kier alpha value is -3.86. The number of para-hydroxylation sites is 1. The van der Waals surface area contributed by atoms with Gasteiger partial charge in [0, 0.05) is 25.5 Å². The van der Waals surface area contributed by atoms with E-state index in [4.69, 9.17) is 4.74 Å². The summed E-state index contributed by atoms with van der Waals surface area (Å²) < 4.78 is 8.05. The molecule has 1 amide bonds. The highest BCUT2D eigenvalue weighted by Crippen LogP contribution is 2.26. The van der Waals surface area contributed by atoms with Crippen LogP contribution in [0.5, 0.6) is 5.75 Å². The van der Waals surface area contributed by atoms with Crippen LogP contribution in [0.25, 0.3) is 11.2 Å². The van der Waals surface area contributed by atoms with E-state index in [1.807, 2.05) is 83.2 Å². The van der Waals surface area contributed by atoms with Crippen LogP contribution in [0.1, 0.15) is 33.6 Å². The summed E-state index contributed by atoms with van der Waals surface area (Å²) in [6.45, 7) is 3.64. The van der Waals surface area contributed by atoms with E-state index in [0.717, 1.165) is 23.3 Å². The van der Waals surface area contributed by atoms with Crippen molar-refractivity contribution in [2.24, 2.45) is 0 Å². The van der Waals surface area contributed by atoms with Crippen molar-refractivity contribution in [1.82, 2.24) is 14.3 Å². The summed E-state index contributed by atoms with van der Waals surface area (Å²) in [7, 11) is 0. The first-order chi connectivity index (χ1) is 15.7. The van der Waals surface area contributed by atoms with E-state index in [1.54, 1.807) is 0 Å². The van der Waals surface area contributed by atoms with Gasteiger partial charge in [-0.25, -0.2) is 4.98 Å². The SMILES string of the molecule is Cc1cccn2cc(COc3ccccc3C(=O)N3CC=C(c4ccccc4)CC3)nc12. The Balaban J connectivity index is 1.30. The van der Waals surface area contributed by atoms with Gasteiger partial charge in [0.05, 0.1) is 11.3 Å². The first kappa shape index (κ1) is 20.1. The number of amides is 1. The van der Waals surface area contributed by atoms with E-state index in [9.17, 15) is 4.79 Å². The molecule has 4 aromatic rings. The Bertz CT molecular complexity index is 1290. The van der Waals surface area contributed by atoms with Crippen LogP contribution in [-0.4, -0.2) is 33.3 Å². The van der Waals surface area contributed by atoms with Crippen LogP contribution >= 0.6 is 0 Å². The number of fused-ring (bicyclic) bond motifs is 1. The molecule has 0 N–H and O–H groups in total. The van der Waals surface area contributed by atoms with E-state index in [0.29, 0.717) is 31.0 Å². The third kappa shape index (κ3) is 4.02. The number of ether oxygens (including phenoxy) is 1. The number of nitrogens with zero attached hydrogens (tertiary/aromatic N) is 3. The van der Waals surface area contributed by atoms with Crippen molar-refractivity contribution in [3.05, 3.63) is 108 Å². The highest BCUT2D eigenvalue weighted by atomic mass is 16.5. The van der Waals surface area contributed by atoms with Crippen LogP contribution < -0.4 is 4.74 Å². The van der Waals surface area contributed by atoms with Crippen molar-refractivity contribution < 1.29 is 9.53 Å². The first-order valence-electron chi connectivity index (χ1n) is 10.9. The molecule has 5 rings (SSSR count). The lowest BCUT2D eigenvalue weighted by atomic mass is 9.99. The van der Waals surface area contributed by atoms with Gasteiger partial charge in [0.1, 0.15) is 18.0 Å². The number of carbonyl (C=O) groups is 1. The van der Waals surface area contributed by atoms with Crippen LogP contribution in [0.4, 0.5) is 0 Å². The fraction of sp³-hybridized carbons (Fsp3) is 0.185. The second kappa shape index (κ2) is 8.71. The molecule has 1 aliphatic rings. The average Bonchev–Trinajstić information content (AvgIpc) is 3.28. The third-order valence-electron chi connectivity index (χ3n) is 5.86. The summed E-state index contributed by atoms with van der Waals surface area (Å²) in [4.78, 5) is 19.8. The molecule has 0 atom stereocenters. The minimum Gasteiger partial charge on any atom is -0.486 e. The minimum atomic E-state index is -0.00481. The quantitative estimate of drug-likeness (QED) is 0.446. The van der Waals surface area contributed by atoms with Gasteiger partial charge in [0.15, 0.2) is 0 Å². The second-order valence-electron chi connectivity index (χ2n) is 8.04. The minimum absolute atomic E-state index is 0.00481. The highest BCUT2D eigenvalue weighted by molar-refractivity contribution is 5.97. The van der Waals surface area contributed by atoms with Crippen molar-refractivity contribution in [2.45, 2.75) is 20.0 Å². The maximum atomic E-state index is 13.3. The Kier molecular flexibility index (Phi) is 5.46. The average molecular weight is 424 g/mol. The maximum Gasteiger partial charge on any atom is 0.257 e. The van der Waals surface area contributed by atoms with E-state index >= 15 is 0 Å². The van der Waals surface area contributed by atoms with Crippen LogP contribution in [0.15, 0.2) is 85.2 Å². The third-order valence-corrected chi connectivity index (χ3v) is 5.86. The molecule has 5 nitrogen and oxygen atoms in total. The van der Waals surface area contributed by atoms with Gasteiger partial charge in [0.2, 0.25) is 0 Å². The first-order valence-corrected chi connectivity index (χ1v) is 10.9. The molecule has 0 aliphatic carbocycles. The van der Waals surface area contributed by atoms with Gasteiger partial charge in [-0.2, -0.15) is 0 Å². The molecule has 0 saturated heterocycles. The summed E-state index contributed by atoms with van der Waals surface area (Å²) in [5, 5.41) is 0. The number of hydrogen-bond acceptors (Lipinski definition) is 3. The summed E-state index contributed by atoms with van der Waals surface area (Å²) in [5.74, 6) is 0.582.